The van der Waals surface area contributed by atoms with Crippen molar-refractivity contribution in [3.05, 3.63) is 28.7 Å². The van der Waals surface area contributed by atoms with Crippen molar-refractivity contribution in [1.82, 2.24) is 5.43 Å². The average Bonchev–Trinajstić information content (AvgIpc) is 2.48. The number of nitrogens with one attached hydrogen (secondary N) is 2. The summed E-state index contributed by atoms with van der Waals surface area (Å²) in [7, 11) is 0. The predicted molar refractivity (Wildman–Crippen MR) is 81.4 cm³/mol. The van der Waals surface area contributed by atoms with E-state index in [1.807, 2.05) is 0 Å². The van der Waals surface area contributed by atoms with E-state index >= 15 is 0 Å². The molecule has 2 N–H and O–H groups in total. The van der Waals surface area contributed by atoms with E-state index in [1.54, 1.807) is 24.3 Å². The van der Waals surface area contributed by atoms with Crippen molar-refractivity contribution < 1.29 is 9.59 Å². The van der Waals surface area contributed by atoms with E-state index in [2.05, 4.69) is 31.8 Å². The fourth-order valence-electron chi connectivity index (χ4n) is 1.97. The monoisotopic (exact) mass is 337 g/mol. The molecule has 0 spiro atoms. The average molecular weight is 338 g/mol. The molecule has 0 aliphatic heterocycles. The minimum atomic E-state index is -0.744. The van der Waals surface area contributed by atoms with Crippen LogP contribution in [-0.4, -0.2) is 17.5 Å². The van der Waals surface area contributed by atoms with E-state index in [1.165, 1.54) is 6.42 Å². The molecule has 1 aliphatic rings. The fourth-order valence-corrected chi connectivity index (χ4v) is 2.24. The summed E-state index contributed by atoms with van der Waals surface area (Å²) < 4.78 is 0.906. The van der Waals surface area contributed by atoms with Gasteiger partial charge in [-0.15, -0.1) is 0 Å². The summed E-state index contributed by atoms with van der Waals surface area (Å²) in [6.07, 6.45) is 5.19. The summed E-state index contributed by atoms with van der Waals surface area (Å²) in [4.78, 5) is 23.3. The second-order valence-corrected chi connectivity index (χ2v) is 5.56. The van der Waals surface area contributed by atoms with Gasteiger partial charge >= 0.3 is 11.8 Å². The SMILES string of the molecule is O=C(NN=C1CCCCC1)C(=O)Nc1ccc(Br)cc1. The summed E-state index contributed by atoms with van der Waals surface area (Å²) in [5.74, 6) is -1.46. The van der Waals surface area contributed by atoms with Gasteiger partial charge in [-0.1, -0.05) is 22.4 Å². The van der Waals surface area contributed by atoms with E-state index in [4.69, 9.17) is 0 Å². The number of halogens is 1. The van der Waals surface area contributed by atoms with Crippen molar-refractivity contribution in [3.63, 3.8) is 0 Å². The van der Waals surface area contributed by atoms with E-state index in [0.717, 1.165) is 35.9 Å². The normalized spacial score (nSPS) is 14.6. The first kappa shape index (κ1) is 14.7. The van der Waals surface area contributed by atoms with Crippen molar-refractivity contribution >= 4 is 39.1 Å². The van der Waals surface area contributed by atoms with Gasteiger partial charge in [0.1, 0.15) is 0 Å². The van der Waals surface area contributed by atoms with Crippen LogP contribution in [0, 0.1) is 0 Å². The molecule has 0 radical (unpaired) electrons. The van der Waals surface area contributed by atoms with Crippen LogP contribution in [0.4, 0.5) is 5.69 Å². The standard InChI is InChI=1S/C14H16BrN3O2/c15-10-6-8-11(9-7-10)16-13(19)14(20)18-17-12-4-2-1-3-5-12/h6-9H,1-5H2,(H,16,19)(H,18,20). The minimum Gasteiger partial charge on any atom is -0.318 e. The molecule has 106 valence electrons. The fraction of sp³-hybridized carbons (Fsp3) is 0.357. The lowest BCUT2D eigenvalue weighted by molar-refractivity contribution is -0.136. The maximum Gasteiger partial charge on any atom is 0.329 e. The Hall–Kier alpha value is -1.69. The first-order valence-corrected chi connectivity index (χ1v) is 7.37. The van der Waals surface area contributed by atoms with Crippen molar-refractivity contribution in [3.8, 4) is 0 Å². The Morgan fingerprint density at radius 3 is 2.30 bits per heavy atom. The molecule has 1 aliphatic carbocycles. The Labute approximate surface area is 126 Å². The highest BCUT2D eigenvalue weighted by Crippen LogP contribution is 2.15. The quantitative estimate of drug-likeness (QED) is 0.643. The Morgan fingerprint density at radius 1 is 1.00 bits per heavy atom. The summed E-state index contributed by atoms with van der Waals surface area (Å²) in [6, 6.07) is 7.00. The lowest BCUT2D eigenvalue weighted by atomic mass is 9.99. The third-order valence-corrected chi connectivity index (χ3v) is 3.58. The van der Waals surface area contributed by atoms with Gasteiger partial charge in [0.2, 0.25) is 0 Å². The van der Waals surface area contributed by atoms with Gasteiger partial charge in [0.25, 0.3) is 0 Å². The predicted octanol–water partition coefficient (Wildman–Crippen LogP) is 2.82. The van der Waals surface area contributed by atoms with Gasteiger partial charge < -0.3 is 5.32 Å². The number of hydrazone groups is 1. The van der Waals surface area contributed by atoms with Crippen LogP contribution in [0.25, 0.3) is 0 Å². The zero-order chi connectivity index (χ0) is 14.4. The molecule has 1 saturated carbocycles. The number of nitrogens with zero attached hydrogens (tertiary/aromatic N) is 1. The smallest absolute Gasteiger partial charge is 0.318 e. The Morgan fingerprint density at radius 2 is 1.65 bits per heavy atom. The van der Waals surface area contributed by atoms with Crippen LogP contribution in [-0.2, 0) is 9.59 Å². The highest BCUT2D eigenvalue weighted by Gasteiger charge is 2.14. The van der Waals surface area contributed by atoms with Crippen molar-refractivity contribution in [2.24, 2.45) is 5.10 Å². The van der Waals surface area contributed by atoms with Crippen LogP contribution in [0.1, 0.15) is 32.1 Å². The first-order valence-electron chi connectivity index (χ1n) is 6.57. The maximum atomic E-state index is 11.7. The van der Waals surface area contributed by atoms with E-state index in [0.29, 0.717) is 5.69 Å². The lowest BCUT2D eigenvalue weighted by Gasteiger charge is -2.11. The van der Waals surface area contributed by atoms with Crippen LogP contribution < -0.4 is 10.7 Å². The van der Waals surface area contributed by atoms with Gasteiger partial charge in [-0.2, -0.15) is 5.10 Å². The van der Waals surface area contributed by atoms with Crippen LogP contribution in [0.15, 0.2) is 33.8 Å². The van der Waals surface area contributed by atoms with Crippen LogP contribution in [0.2, 0.25) is 0 Å². The van der Waals surface area contributed by atoms with Gasteiger partial charge in [0.05, 0.1) is 0 Å². The van der Waals surface area contributed by atoms with Crippen LogP contribution >= 0.6 is 15.9 Å². The number of anilines is 1. The minimum absolute atomic E-state index is 0.568. The van der Waals surface area contributed by atoms with Crippen LogP contribution in [0.3, 0.4) is 0 Å². The third kappa shape index (κ3) is 4.45. The van der Waals surface area contributed by atoms with Gasteiger partial charge in [0, 0.05) is 15.9 Å². The molecule has 0 saturated heterocycles. The Kier molecular flexibility index (Phi) is 5.29. The van der Waals surface area contributed by atoms with Crippen molar-refractivity contribution in [2.45, 2.75) is 32.1 Å². The topological polar surface area (TPSA) is 70.6 Å². The second-order valence-electron chi connectivity index (χ2n) is 4.64. The molecule has 2 amide bonds. The van der Waals surface area contributed by atoms with Crippen molar-refractivity contribution in [1.29, 1.82) is 0 Å². The molecule has 0 aromatic heterocycles. The van der Waals surface area contributed by atoms with Crippen molar-refractivity contribution in [2.75, 3.05) is 5.32 Å². The van der Waals surface area contributed by atoms with Gasteiger partial charge in [-0.05, 0) is 49.9 Å². The zero-order valence-corrected chi connectivity index (χ0v) is 12.6. The molecule has 1 aromatic rings. The number of carbonyl (C=O) groups is 2. The number of hydrogen-bond acceptors (Lipinski definition) is 3. The third-order valence-electron chi connectivity index (χ3n) is 3.05. The number of benzene rings is 1. The molecule has 0 unspecified atom stereocenters. The summed E-state index contributed by atoms with van der Waals surface area (Å²) in [5.41, 5.74) is 3.84. The molecular weight excluding hydrogens is 322 g/mol. The van der Waals surface area contributed by atoms with E-state index < -0.39 is 11.8 Å². The van der Waals surface area contributed by atoms with E-state index in [9.17, 15) is 9.59 Å². The Balaban J connectivity index is 1.85. The molecule has 1 aromatic carbocycles. The summed E-state index contributed by atoms with van der Waals surface area (Å²) >= 11 is 3.30. The molecule has 5 nitrogen and oxygen atoms in total. The van der Waals surface area contributed by atoms with E-state index in [-0.39, 0.29) is 0 Å². The highest BCUT2D eigenvalue weighted by molar-refractivity contribution is 9.10. The second kappa shape index (κ2) is 7.19. The number of rotatable bonds is 2. The molecule has 0 heterocycles. The lowest BCUT2D eigenvalue weighted by Crippen LogP contribution is -2.33. The number of carbonyl (C=O) groups excluding carboxylic acids is 2. The molecule has 20 heavy (non-hydrogen) atoms. The maximum absolute atomic E-state index is 11.7. The highest BCUT2D eigenvalue weighted by atomic mass is 79.9. The van der Waals surface area contributed by atoms with Gasteiger partial charge in [-0.25, -0.2) is 5.43 Å². The summed E-state index contributed by atoms with van der Waals surface area (Å²) in [5, 5.41) is 6.52. The molecule has 0 bridgehead atoms. The molecule has 1 fully saturated rings. The van der Waals surface area contributed by atoms with Crippen LogP contribution in [0.5, 0.6) is 0 Å². The van der Waals surface area contributed by atoms with Gasteiger partial charge in [-0.3, -0.25) is 9.59 Å². The molecule has 6 heteroatoms. The molecule has 0 atom stereocenters. The molecule has 2 rings (SSSR count). The zero-order valence-electron chi connectivity index (χ0n) is 11.0. The summed E-state index contributed by atoms with van der Waals surface area (Å²) in [6.45, 7) is 0. The molecular formula is C14H16BrN3O2. The number of amides is 2. The van der Waals surface area contributed by atoms with Gasteiger partial charge in [0.15, 0.2) is 0 Å². The Bertz CT molecular complexity index is 518. The number of hydrogen-bond donors (Lipinski definition) is 2. The largest absolute Gasteiger partial charge is 0.329 e. The first-order chi connectivity index (χ1) is 9.65.